The van der Waals surface area contributed by atoms with Gasteiger partial charge in [-0.15, -0.1) is 0 Å². The summed E-state index contributed by atoms with van der Waals surface area (Å²) in [7, 11) is 0. The van der Waals surface area contributed by atoms with Gasteiger partial charge in [-0.05, 0) is 51.7 Å². The molecule has 94 valence electrons. The predicted octanol–water partition coefficient (Wildman–Crippen LogP) is 1.54. The van der Waals surface area contributed by atoms with Gasteiger partial charge in [-0.25, -0.2) is 0 Å². The summed E-state index contributed by atoms with van der Waals surface area (Å²) in [5.41, 5.74) is 5.85. The molecule has 0 radical (unpaired) electrons. The Kier molecular flexibility index (Phi) is 5.66. The number of hydrogen-bond acceptors (Lipinski definition) is 3. The van der Waals surface area contributed by atoms with E-state index in [1.54, 1.807) is 0 Å². The van der Waals surface area contributed by atoms with E-state index in [9.17, 15) is 0 Å². The summed E-state index contributed by atoms with van der Waals surface area (Å²) in [5, 5.41) is 8.69. The van der Waals surface area contributed by atoms with Crippen LogP contribution >= 0.6 is 12.2 Å². The Morgan fingerprint density at radius 1 is 1.31 bits per heavy atom. The van der Waals surface area contributed by atoms with Crippen LogP contribution in [0.25, 0.3) is 0 Å². The molecule has 0 unspecified atom stereocenters. The first-order valence-corrected chi connectivity index (χ1v) is 6.62. The quantitative estimate of drug-likeness (QED) is 0.550. The lowest BCUT2D eigenvalue weighted by Gasteiger charge is -2.38. The topological polar surface area (TPSA) is 49.5 Å². The van der Waals surface area contributed by atoms with Crippen molar-refractivity contribution in [2.24, 2.45) is 11.1 Å². The van der Waals surface area contributed by atoms with E-state index in [0.717, 1.165) is 45.3 Å². The second-order valence-corrected chi connectivity index (χ2v) is 5.49. The van der Waals surface area contributed by atoms with E-state index >= 15 is 0 Å². The van der Waals surface area contributed by atoms with Crippen LogP contribution in [-0.4, -0.2) is 41.2 Å². The van der Waals surface area contributed by atoms with Gasteiger partial charge in [0.15, 0.2) is 0 Å². The number of nitrogens with zero attached hydrogens (tertiary/aromatic N) is 1. The third-order valence-electron chi connectivity index (χ3n) is 3.69. The molecular weight excluding hydrogens is 220 g/mol. The molecule has 1 saturated heterocycles. The molecule has 0 aromatic rings. The Hall–Kier alpha value is -0.190. The van der Waals surface area contributed by atoms with Gasteiger partial charge in [0.05, 0.1) is 4.99 Å². The van der Waals surface area contributed by atoms with Gasteiger partial charge in [0.1, 0.15) is 0 Å². The molecule has 1 aliphatic rings. The van der Waals surface area contributed by atoms with Crippen LogP contribution in [0.5, 0.6) is 0 Å². The number of rotatable bonds is 6. The minimum atomic E-state index is 0.0803. The molecular formula is C12H24N2OS. The first-order valence-electron chi connectivity index (χ1n) is 6.21. The smallest absolute Gasteiger partial charge is 0.0788 e. The second kappa shape index (κ2) is 6.52. The fourth-order valence-electron chi connectivity index (χ4n) is 2.14. The molecule has 3 nitrogen and oxygen atoms in total. The lowest BCUT2D eigenvalue weighted by Crippen LogP contribution is -2.44. The van der Waals surface area contributed by atoms with Crippen molar-refractivity contribution in [3.8, 4) is 0 Å². The summed E-state index contributed by atoms with van der Waals surface area (Å²) in [4.78, 5) is 3.16. The van der Waals surface area contributed by atoms with Gasteiger partial charge in [-0.3, -0.25) is 0 Å². The summed E-state index contributed by atoms with van der Waals surface area (Å²) >= 11 is 5.12. The fraction of sp³-hybridized carbons (Fsp3) is 0.917. The number of unbranched alkanes of at least 4 members (excludes halogenated alkanes) is 2. The van der Waals surface area contributed by atoms with E-state index in [4.69, 9.17) is 23.1 Å². The number of nitrogens with two attached hydrogens (primary N) is 1. The van der Waals surface area contributed by atoms with Crippen LogP contribution in [0, 0.1) is 5.41 Å². The SMILES string of the molecule is CC1(C(N)=S)CCN(CCCCCO)CC1. The highest BCUT2D eigenvalue weighted by molar-refractivity contribution is 7.80. The molecule has 4 heteroatoms. The van der Waals surface area contributed by atoms with Crippen molar-refractivity contribution in [1.82, 2.24) is 4.90 Å². The van der Waals surface area contributed by atoms with E-state index in [1.165, 1.54) is 6.42 Å². The van der Waals surface area contributed by atoms with Crippen molar-refractivity contribution in [2.75, 3.05) is 26.2 Å². The van der Waals surface area contributed by atoms with Crippen LogP contribution in [0.1, 0.15) is 39.0 Å². The number of thiocarbonyl (C=S) groups is 1. The maximum atomic E-state index is 8.69. The minimum Gasteiger partial charge on any atom is -0.396 e. The molecule has 0 aromatic carbocycles. The fourth-order valence-corrected chi connectivity index (χ4v) is 2.34. The maximum Gasteiger partial charge on any atom is 0.0788 e. The molecule has 0 aliphatic carbocycles. The van der Waals surface area contributed by atoms with Gasteiger partial charge in [0.25, 0.3) is 0 Å². The standard InChI is InChI=1S/C12H24N2OS/c1-12(11(13)16)5-8-14(9-6-12)7-3-2-4-10-15/h15H,2-10H2,1H3,(H2,13,16). The van der Waals surface area contributed by atoms with Crippen LogP contribution in [-0.2, 0) is 0 Å². The van der Waals surface area contributed by atoms with Crippen molar-refractivity contribution in [3.63, 3.8) is 0 Å². The Morgan fingerprint density at radius 2 is 1.94 bits per heavy atom. The first kappa shape index (κ1) is 13.9. The third-order valence-corrected chi connectivity index (χ3v) is 4.18. The molecule has 0 saturated carbocycles. The monoisotopic (exact) mass is 244 g/mol. The van der Waals surface area contributed by atoms with Crippen LogP contribution in [0.15, 0.2) is 0 Å². The summed E-state index contributed by atoms with van der Waals surface area (Å²) in [5.74, 6) is 0. The summed E-state index contributed by atoms with van der Waals surface area (Å²) in [6.07, 6.45) is 5.41. The molecule has 0 aromatic heterocycles. The van der Waals surface area contributed by atoms with Crippen LogP contribution in [0.4, 0.5) is 0 Å². The van der Waals surface area contributed by atoms with Crippen LogP contribution in [0.3, 0.4) is 0 Å². The molecule has 0 bridgehead atoms. The van der Waals surface area contributed by atoms with E-state index < -0.39 is 0 Å². The number of hydrogen-bond donors (Lipinski definition) is 2. The molecule has 1 heterocycles. The van der Waals surface area contributed by atoms with E-state index in [1.807, 2.05) is 0 Å². The summed E-state index contributed by atoms with van der Waals surface area (Å²) in [6.45, 7) is 5.85. The molecule has 16 heavy (non-hydrogen) atoms. The largest absolute Gasteiger partial charge is 0.396 e. The normalized spacial score (nSPS) is 20.9. The number of aliphatic hydroxyl groups excluding tert-OH is 1. The molecule has 1 aliphatic heterocycles. The maximum absolute atomic E-state index is 8.69. The zero-order valence-corrected chi connectivity index (χ0v) is 11.1. The van der Waals surface area contributed by atoms with Gasteiger partial charge in [-0.1, -0.05) is 19.1 Å². The van der Waals surface area contributed by atoms with E-state index in [0.29, 0.717) is 11.6 Å². The van der Waals surface area contributed by atoms with Crippen molar-refractivity contribution < 1.29 is 5.11 Å². The van der Waals surface area contributed by atoms with E-state index in [2.05, 4.69) is 11.8 Å². The Balaban J connectivity index is 2.19. The molecule has 0 amide bonds. The zero-order chi connectivity index (χ0) is 12.0. The van der Waals surface area contributed by atoms with Crippen molar-refractivity contribution >= 4 is 17.2 Å². The van der Waals surface area contributed by atoms with Gasteiger partial charge in [0.2, 0.25) is 0 Å². The molecule has 3 N–H and O–H groups in total. The van der Waals surface area contributed by atoms with Gasteiger partial charge < -0.3 is 15.7 Å². The second-order valence-electron chi connectivity index (χ2n) is 5.05. The third kappa shape index (κ3) is 4.00. The molecule has 0 atom stereocenters. The van der Waals surface area contributed by atoms with Gasteiger partial charge >= 0.3 is 0 Å². The van der Waals surface area contributed by atoms with Crippen LogP contribution < -0.4 is 5.73 Å². The highest BCUT2D eigenvalue weighted by Gasteiger charge is 2.32. The first-order chi connectivity index (χ1) is 7.58. The van der Waals surface area contributed by atoms with Gasteiger partial charge in [-0.2, -0.15) is 0 Å². The lowest BCUT2D eigenvalue weighted by molar-refractivity contribution is 0.160. The number of piperidine rings is 1. The highest BCUT2D eigenvalue weighted by atomic mass is 32.1. The zero-order valence-electron chi connectivity index (χ0n) is 10.2. The van der Waals surface area contributed by atoms with Crippen molar-refractivity contribution in [3.05, 3.63) is 0 Å². The Bertz CT molecular complexity index is 225. The number of likely N-dealkylation sites (tertiary alicyclic amines) is 1. The van der Waals surface area contributed by atoms with Crippen molar-refractivity contribution in [2.45, 2.75) is 39.0 Å². The summed E-state index contributed by atoms with van der Waals surface area (Å²) < 4.78 is 0. The van der Waals surface area contributed by atoms with Crippen LogP contribution in [0.2, 0.25) is 0 Å². The van der Waals surface area contributed by atoms with E-state index in [-0.39, 0.29) is 5.41 Å². The molecule has 1 fully saturated rings. The highest BCUT2D eigenvalue weighted by Crippen LogP contribution is 2.31. The Labute approximate surface area is 104 Å². The Morgan fingerprint density at radius 3 is 2.44 bits per heavy atom. The van der Waals surface area contributed by atoms with Gasteiger partial charge in [0, 0.05) is 12.0 Å². The summed E-state index contributed by atoms with van der Waals surface area (Å²) in [6, 6.07) is 0. The molecule has 1 rings (SSSR count). The average Bonchev–Trinajstić information content (AvgIpc) is 2.27. The minimum absolute atomic E-state index is 0.0803. The number of aliphatic hydroxyl groups is 1. The van der Waals surface area contributed by atoms with Crippen molar-refractivity contribution in [1.29, 1.82) is 0 Å². The predicted molar refractivity (Wildman–Crippen MR) is 71.5 cm³/mol. The molecule has 0 spiro atoms. The average molecular weight is 244 g/mol. The lowest BCUT2D eigenvalue weighted by atomic mass is 9.80.